The number of hydrogen-bond donors (Lipinski definition) is 2. The zero-order valence-corrected chi connectivity index (χ0v) is 15.4. The van der Waals surface area contributed by atoms with Crippen LogP contribution in [-0.2, 0) is 23.8 Å². The van der Waals surface area contributed by atoms with Gasteiger partial charge in [-0.3, -0.25) is 0 Å². The molecule has 130 valence electrons. The van der Waals surface area contributed by atoms with Gasteiger partial charge in [0.05, 0.1) is 16.7 Å². The standard InChI is InChI=1S/C17H22FN3OS2/c1-24(22)20-10-3-2-9-19-17-21-16-14-11-13(18)8-7-12(14)5-4-6-15(16)23-17/h7-8,11,20H,2-6,9-10H2,1H3,(H,19,21). The van der Waals surface area contributed by atoms with Gasteiger partial charge in [-0.1, -0.05) is 6.07 Å². The van der Waals surface area contributed by atoms with Crippen LogP contribution in [0.1, 0.15) is 29.7 Å². The Labute approximate surface area is 148 Å². The fourth-order valence-electron chi connectivity index (χ4n) is 2.89. The number of aromatic nitrogens is 1. The highest BCUT2D eigenvalue weighted by Crippen LogP contribution is 2.37. The van der Waals surface area contributed by atoms with E-state index in [4.69, 9.17) is 4.98 Å². The van der Waals surface area contributed by atoms with Gasteiger partial charge >= 0.3 is 0 Å². The van der Waals surface area contributed by atoms with Gasteiger partial charge in [0.1, 0.15) is 5.82 Å². The van der Waals surface area contributed by atoms with Crippen LogP contribution in [0.15, 0.2) is 18.2 Å². The molecule has 1 aliphatic rings. The maximum Gasteiger partial charge on any atom is 0.183 e. The third-order valence-corrected chi connectivity index (χ3v) is 5.74. The predicted molar refractivity (Wildman–Crippen MR) is 99.3 cm³/mol. The number of aryl methyl sites for hydroxylation is 2. The van der Waals surface area contributed by atoms with E-state index in [9.17, 15) is 8.60 Å². The Morgan fingerprint density at radius 3 is 2.96 bits per heavy atom. The van der Waals surface area contributed by atoms with Crippen LogP contribution >= 0.6 is 11.3 Å². The van der Waals surface area contributed by atoms with E-state index in [1.165, 1.54) is 16.5 Å². The minimum Gasteiger partial charge on any atom is -0.361 e. The smallest absolute Gasteiger partial charge is 0.183 e. The first kappa shape index (κ1) is 17.5. The summed E-state index contributed by atoms with van der Waals surface area (Å²) in [5.74, 6) is -0.204. The highest BCUT2D eigenvalue weighted by atomic mass is 32.2. The molecule has 0 fully saturated rings. The van der Waals surface area contributed by atoms with Crippen molar-refractivity contribution < 1.29 is 8.60 Å². The Morgan fingerprint density at radius 2 is 2.12 bits per heavy atom. The van der Waals surface area contributed by atoms with Gasteiger partial charge in [0.2, 0.25) is 0 Å². The first-order valence-electron chi connectivity index (χ1n) is 8.23. The van der Waals surface area contributed by atoms with Crippen LogP contribution in [0.3, 0.4) is 0 Å². The molecule has 0 saturated heterocycles. The zero-order valence-electron chi connectivity index (χ0n) is 13.7. The average molecular weight is 368 g/mol. The number of benzene rings is 1. The van der Waals surface area contributed by atoms with Gasteiger partial charge in [-0.15, -0.1) is 11.3 Å². The van der Waals surface area contributed by atoms with Crippen molar-refractivity contribution in [2.75, 3.05) is 24.7 Å². The summed E-state index contributed by atoms with van der Waals surface area (Å²) in [4.78, 5) is 5.96. The Balaban J connectivity index is 1.63. The normalized spacial score (nSPS) is 14.6. The number of nitrogens with zero attached hydrogens (tertiary/aromatic N) is 1. The van der Waals surface area contributed by atoms with Crippen molar-refractivity contribution in [2.24, 2.45) is 0 Å². The summed E-state index contributed by atoms with van der Waals surface area (Å²) < 4.78 is 27.5. The molecule has 0 amide bonds. The molecule has 1 aromatic heterocycles. The van der Waals surface area contributed by atoms with Crippen molar-refractivity contribution in [1.29, 1.82) is 0 Å². The number of halogens is 1. The van der Waals surface area contributed by atoms with Crippen LogP contribution in [-0.4, -0.2) is 28.5 Å². The van der Waals surface area contributed by atoms with E-state index in [1.54, 1.807) is 23.7 Å². The zero-order chi connectivity index (χ0) is 16.9. The number of nitrogens with one attached hydrogen (secondary N) is 2. The monoisotopic (exact) mass is 367 g/mol. The lowest BCUT2D eigenvalue weighted by atomic mass is 10.0. The topological polar surface area (TPSA) is 54.0 Å². The molecule has 3 rings (SSSR count). The molecule has 1 atom stereocenters. The van der Waals surface area contributed by atoms with E-state index in [1.807, 2.05) is 6.07 Å². The Kier molecular flexibility index (Phi) is 5.97. The van der Waals surface area contributed by atoms with E-state index >= 15 is 0 Å². The first-order valence-corrected chi connectivity index (χ1v) is 10.6. The van der Waals surface area contributed by atoms with Crippen LogP contribution < -0.4 is 10.0 Å². The lowest BCUT2D eigenvalue weighted by molar-refractivity contribution is 0.627. The van der Waals surface area contributed by atoms with Crippen molar-refractivity contribution in [3.05, 3.63) is 34.5 Å². The Bertz CT molecular complexity index is 733. The summed E-state index contributed by atoms with van der Waals surface area (Å²) in [6.07, 6.45) is 6.64. The average Bonchev–Trinajstić information content (AvgIpc) is 2.87. The van der Waals surface area contributed by atoms with Gasteiger partial charge in [-0.05, 0) is 49.8 Å². The molecule has 1 unspecified atom stereocenters. The van der Waals surface area contributed by atoms with Gasteiger partial charge in [-0.2, -0.15) is 0 Å². The van der Waals surface area contributed by atoms with E-state index in [0.717, 1.165) is 61.6 Å². The second-order valence-corrected chi connectivity index (χ2v) is 8.21. The van der Waals surface area contributed by atoms with Crippen LogP contribution in [0.5, 0.6) is 0 Å². The van der Waals surface area contributed by atoms with Crippen LogP contribution in [0, 0.1) is 5.82 Å². The van der Waals surface area contributed by atoms with Crippen molar-refractivity contribution >= 4 is 27.5 Å². The summed E-state index contributed by atoms with van der Waals surface area (Å²) in [5, 5.41) is 4.27. The molecule has 1 aliphatic carbocycles. The highest BCUT2D eigenvalue weighted by molar-refractivity contribution is 7.82. The second-order valence-electron chi connectivity index (χ2n) is 5.93. The van der Waals surface area contributed by atoms with E-state index in [2.05, 4.69) is 10.0 Å². The molecular formula is C17H22FN3OS2. The van der Waals surface area contributed by atoms with E-state index in [-0.39, 0.29) is 5.82 Å². The molecule has 24 heavy (non-hydrogen) atoms. The SMILES string of the molecule is CS(=O)NCCCCNc1nc2c(s1)CCCc1ccc(F)cc1-2. The van der Waals surface area contributed by atoms with Crippen LogP contribution in [0.25, 0.3) is 11.3 Å². The first-order chi connectivity index (χ1) is 11.6. The summed E-state index contributed by atoms with van der Waals surface area (Å²) in [5.41, 5.74) is 3.07. The third kappa shape index (κ3) is 4.40. The summed E-state index contributed by atoms with van der Waals surface area (Å²) in [6.45, 7) is 1.59. The number of thiazole rings is 1. The van der Waals surface area contributed by atoms with Crippen LogP contribution in [0.2, 0.25) is 0 Å². The van der Waals surface area contributed by atoms with Gasteiger partial charge < -0.3 is 5.32 Å². The minimum atomic E-state index is -0.938. The maximum absolute atomic E-state index is 13.6. The fourth-order valence-corrected chi connectivity index (χ4v) is 4.37. The number of fused-ring (bicyclic) bond motifs is 3. The summed E-state index contributed by atoms with van der Waals surface area (Å²) in [7, 11) is -0.938. The largest absolute Gasteiger partial charge is 0.361 e. The molecule has 1 heterocycles. The molecule has 0 bridgehead atoms. The number of hydrogen-bond acceptors (Lipinski definition) is 4. The highest BCUT2D eigenvalue weighted by Gasteiger charge is 2.19. The molecule has 0 spiro atoms. The molecule has 7 heteroatoms. The fraction of sp³-hybridized carbons (Fsp3) is 0.471. The van der Waals surface area contributed by atoms with Crippen LogP contribution in [0.4, 0.5) is 9.52 Å². The van der Waals surface area contributed by atoms with Crippen molar-refractivity contribution in [3.63, 3.8) is 0 Å². The summed E-state index contributed by atoms with van der Waals surface area (Å²) in [6, 6.07) is 5.03. The molecule has 0 aliphatic heterocycles. The third-order valence-electron chi connectivity index (χ3n) is 4.06. The van der Waals surface area contributed by atoms with E-state index in [0.29, 0.717) is 0 Å². The lowest BCUT2D eigenvalue weighted by Crippen LogP contribution is -2.17. The molecule has 2 aromatic rings. The maximum atomic E-state index is 13.6. The molecule has 0 radical (unpaired) electrons. The lowest BCUT2D eigenvalue weighted by Gasteiger charge is -2.05. The summed E-state index contributed by atoms with van der Waals surface area (Å²) >= 11 is 1.68. The van der Waals surface area contributed by atoms with Gasteiger partial charge in [0.25, 0.3) is 0 Å². The predicted octanol–water partition coefficient (Wildman–Crippen LogP) is 3.51. The molecule has 2 N–H and O–H groups in total. The van der Waals surface area contributed by atoms with Gasteiger partial charge in [0, 0.05) is 29.8 Å². The quantitative estimate of drug-likeness (QED) is 0.736. The molecule has 1 aromatic carbocycles. The number of unbranched alkanes of at least 4 members (excludes halogenated alkanes) is 1. The van der Waals surface area contributed by atoms with Crippen molar-refractivity contribution in [1.82, 2.24) is 9.71 Å². The molecule has 4 nitrogen and oxygen atoms in total. The van der Waals surface area contributed by atoms with E-state index < -0.39 is 11.0 Å². The van der Waals surface area contributed by atoms with Gasteiger partial charge in [0.15, 0.2) is 5.13 Å². The Morgan fingerprint density at radius 1 is 1.29 bits per heavy atom. The molecular weight excluding hydrogens is 345 g/mol. The van der Waals surface area contributed by atoms with Crippen molar-refractivity contribution in [3.8, 4) is 11.3 Å². The Hall–Kier alpha value is -1.31. The van der Waals surface area contributed by atoms with Gasteiger partial charge in [-0.25, -0.2) is 18.3 Å². The number of anilines is 1. The second kappa shape index (κ2) is 8.18. The molecule has 0 saturated carbocycles. The number of rotatable bonds is 7. The van der Waals surface area contributed by atoms with Crippen molar-refractivity contribution in [2.45, 2.75) is 32.1 Å². The minimum absolute atomic E-state index is 0.204.